The number of hydrogen-bond donors (Lipinski definition) is 2. The quantitative estimate of drug-likeness (QED) is 0.788. The van der Waals surface area contributed by atoms with E-state index in [0.29, 0.717) is 31.6 Å². The first kappa shape index (κ1) is 15.0. The monoisotopic (exact) mass is 256 g/mol. The Morgan fingerprint density at radius 2 is 1.89 bits per heavy atom. The molecule has 0 heterocycles. The lowest BCUT2D eigenvalue weighted by Gasteiger charge is -2.34. The van der Waals surface area contributed by atoms with Crippen LogP contribution in [0.15, 0.2) is 0 Å². The van der Waals surface area contributed by atoms with Gasteiger partial charge in [-0.05, 0) is 31.6 Å². The minimum Gasteiger partial charge on any atom is -0.480 e. The summed E-state index contributed by atoms with van der Waals surface area (Å²) in [6.07, 6.45) is 1.91. The summed E-state index contributed by atoms with van der Waals surface area (Å²) >= 11 is 0. The second-order valence-corrected chi connectivity index (χ2v) is 5.85. The summed E-state index contributed by atoms with van der Waals surface area (Å²) in [4.78, 5) is 24.9. The number of amides is 1. The molecule has 0 saturated heterocycles. The minimum absolute atomic E-state index is 0.0650. The maximum absolute atomic E-state index is 12.2. The normalized spacial score (nSPS) is 28.2. The van der Waals surface area contributed by atoms with Gasteiger partial charge < -0.3 is 15.7 Å². The molecule has 0 spiro atoms. The fraction of sp³-hybridized carbons (Fsp3) is 0.846. The summed E-state index contributed by atoms with van der Waals surface area (Å²) in [6.45, 7) is 4.88. The van der Waals surface area contributed by atoms with Gasteiger partial charge >= 0.3 is 5.97 Å². The van der Waals surface area contributed by atoms with E-state index in [2.05, 4.69) is 13.8 Å². The topological polar surface area (TPSA) is 83.6 Å². The lowest BCUT2D eigenvalue weighted by Crippen LogP contribution is -2.52. The fourth-order valence-electron chi connectivity index (χ4n) is 2.54. The highest BCUT2D eigenvalue weighted by Gasteiger charge is 2.40. The Bertz CT molecular complexity index is 320. The zero-order chi connectivity index (χ0) is 13.9. The van der Waals surface area contributed by atoms with Gasteiger partial charge in [-0.1, -0.05) is 13.8 Å². The van der Waals surface area contributed by atoms with Gasteiger partial charge in [0.15, 0.2) is 0 Å². The van der Waals surface area contributed by atoms with Crippen molar-refractivity contribution in [3.63, 3.8) is 0 Å². The van der Waals surface area contributed by atoms with Crippen molar-refractivity contribution in [1.82, 2.24) is 4.90 Å². The first-order chi connectivity index (χ1) is 8.26. The highest BCUT2D eigenvalue weighted by molar-refractivity contribution is 5.81. The molecule has 0 bridgehead atoms. The van der Waals surface area contributed by atoms with Crippen molar-refractivity contribution >= 4 is 11.9 Å². The van der Waals surface area contributed by atoms with Crippen LogP contribution in [0.3, 0.4) is 0 Å². The third-order valence-electron chi connectivity index (χ3n) is 3.67. The van der Waals surface area contributed by atoms with Gasteiger partial charge in [0.05, 0.1) is 0 Å². The summed E-state index contributed by atoms with van der Waals surface area (Å²) in [5, 5.41) is 9.03. The second kappa shape index (κ2) is 5.69. The summed E-state index contributed by atoms with van der Waals surface area (Å²) in [6, 6.07) is 0. The van der Waals surface area contributed by atoms with Crippen LogP contribution in [0.5, 0.6) is 0 Å². The number of rotatable bonds is 4. The third kappa shape index (κ3) is 3.45. The molecular formula is C13H24N2O3. The van der Waals surface area contributed by atoms with Gasteiger partial charge in [-0.3, -0.25) is 9.59 Å². The predicted molar refractivity (Wildman–Crippen MR) is 69.0 cm³/mol. The molecule has 0 unspecified atom stereocenters. The molecule has 3 N–H and O–H groups in total. The molecule has 1 fully saturated rings. The van der Waals surface area contributed by atoms with Crippen LogP contribution in [0, 0.1) is 11.8 Å². The van der Waals surface area contributed by atoms with E-state index in [9.17, 15) is 9.59 Å². The number of nitrogens with zero attached hydrogens (tertiary/aromatic N) is 1. The zero-order valence-corrected chi connectivity index (χ0v) is 11.5. The number of aliphatic carboxylic acids is 1. The summed E-state index contributed by atoms with van der Waals surface area (Å²) in [5.41, 5.74) is 4.67. The molecule has 0 aromatic heterocycles. The van der Waals surface area contributed by atoms with Crippen LogP contribution in [0.25, 0.3) is 0 Å². The Morgan fingerprint density at radius 3 is 2.28 bits per heavy atom. The Labute approximate surface area is 108 Å². The van der Waals surface area contributed by atoms with Crippen LogP contribution in [-0.4, -0.2) is 41.0 Å². The fourth-order valence-corrected chi connectivity index (χ4v) is 2.54. The molecule has 1 amide bonds. The van der Waals surface area contributed by atoms with Crippen molar-refractivity contribution in [1.29, 1.82) is 0 Å². The minimum atomic E-state index is -1.13. The van der Waals surface area contributed by atoms with Crippen molar-refractivity contribution in [2.45, 2.75) is 45.1 Å². The van der Waals surface area contributed by atoms with Crippen molar-refractivity contribution in [3.8, 4) is 0 Å². The van der Waals surface area contributed by atoms with Crippen LogP contribution in [0.1, 0.15) is 39.5 Å². The second-order valence-electron chi connectivity index (χ2n) is 5.85. The number of carbonyl (C=O) groups is 2. The molecule has 5 heteroatoms. The number of nitrogens with two attached hydrogens (primary N) is 1. The van der Waals surface area contributed by atoms with Crippen molar-refractivity contribution in [3.05, 3.63) is 0 Å². The molecule has 0 aromatic carbocycles. The van der Waals surface area contributed by atoms with Gasteiger partial charge in [0, 0.05) is 19.5 Å². The number of carbonyl (C=O) groups excluding carboxylic acids is 1. The molecule has 5 nitrogen and oxygen atoms in total. The van der Waals surface area contributed by atoms with Gasteiger partial charge in [0.2, 0.25) is 5.91 Å². The Balaban J connectivity index is 2.52. The zero-order valence-electron chi connectivity index (χ0n) is 11.5. The van der Waals surface area contributed by atoms with Crippen LogP contribution in [0.4, 0.5) is 0 Å². The molecule has 1 saturated carbocycles. The van der Waals surface area contributed by atoms with Gasteiger partial charge in [-0.2, -0.15) is 0 Å². The standard InChI is InChI=1S/C13H24N2O3/c1-9(2)8-15(3)11(16)10-4-6-13(14,7-5-10)12(17)18/h9-10H,4-8,14H2,1-3H3,(H,17,18). The highest BCUT2D eigenvalue weighted by atomic mass is 16.4. The molecule has 1 aliphatic rings. The molecule has 18 heavy (non-hydrogen) atoms. The van der Waals surface area contributed by atoms with Crippen molar-refractivity contribution in [2.24, 2.45) is 17.6 Å². The third-order valence-corrected chi connectivity index (χ3v) is 3.67. The summed E-state index contributed by atoms with van der Waals surface area (Å²) < 4.78 is 0. The van der Waals surface area contributed by atoms with Gasteiger partial charge in [-0.15, -0.1) is 0 Å². The van der Waals surface area contributed by atoms with Crippen LogP contribution in [0.2, 0.25) is 0 Å². The molecule has 104 valence electrons. The first-order valence-electron chi connectivity index (χ1n) is 6.53. The molecular weight excluding hydrogens is 232 g/mol. The Hall–Kier alpha value is -1.10. The van der Waals surface area contributed by atoms with E-state index in [1.54, 1.807) is 4.90 Å². The maximum atomic E-state index is 12.2. The first-order valence-corrected chi connectivity index (χ1v) is 6.53. The number of hydrogen-bond acceptors (Lipinski definition) is 3. The Morgan fingerprint density at radius 1 is 1.39 bits per heavy atom. The number of carboxylic acid groups (broad SMARTS) is 1. The smallest absolute Gasteiger partial charge is 0.323 e. The van der Waals surface area contributed by atoms with E-state index in [1.807, 2.05) is 7.05 Å². The van der Waals surface area contributed by atoms with E-state index < -0.39 is 11.5 Å². The number of carboxylic acids is 1. The van der Waals surface area contributed by atoms with E-state index >= 15 is 0 Å². The lowest BCUT2D eigenvalue weighted by molar-refractivity contribution is -0.147. The lowest BCUT2D eigenvalue weighted by atomic mass is 9.76. The highest BCUT2D eigenvalue weighted by Crippen LogP contribution is 2.31. The van der Waals surface area contributed by atoms with E-state index in [0.717, 1.165) is 6.54 Å². The van der Waals surface area contributed by atoms with Crippen LogP contribution >= 0.6 is 0 Å². The average Bonchev–Trinajstić information content (AvgIpc) is 2.28. The van der Waals surface area contributed by atoms with Crippen LogP contribution < -0.4 is 5.73 Å². The summed E-state index contributed by atoms with van der Waals surface area (Å²) in [5.74, 6) is -0.458. The summed E-state index contributed by atoms with van der Waals surface area (Å²) in [7, 11) is 1.81. The van der Waals surface area contributed by atoms with E-state index in [-0.39, 0.29) is 11.8 Å². The van der Waals surface area contributed by atoms with Gasteiger partial charge in [-0.25, -0.2) is 0 Å². The van der Waals surface area contributed by atoms with E-state index in [4.69, 9.17) is 10.8 Å². The molecule has 1 rings (SSSR count). The molecule has 1 aliphatic carbocycles. The molecule has 0 radical (unpaired) electrons. The predicted octanol–water partition coefficient (Wildman–Crippen LogP) is 1.07. The molecule has 0 aromatic rings. The maximum Gasteiger partial charge on any atom is 0.323 e. The van der Waals surface area contributed by atoms with Crippen LogP contribution in [-0.2, 0) is 9.59 Å². The molecule has 0 aliphatic heterocycles. The SMILES string of the molecule is CC(C)CN(C)C(=O)C1CCC(N)(C(=O)O)CC1. The van der Waals surface area contributed by atoms with E-state index in [1.165, 1.54) is 0 Å². The largest absolute Gasteiger partial charge is 0.480 e. The van der Waals surface area contributed by atoms with Crippen molar-refractivity contribution in [2.75, 3.05) is 13.6 Å². The van der Waals surface area contributed by atoms with Gasteiger partial charge in [0.1, 0.15) is 5.54 Å². The van der Waals surface area contributed by atoms with Gasteiger partial charge in [0.25, 0.3) is 0 Å². The molecule has 0 atom stereocenters. The Kier molecular flexibility index (Phi) is 4.73. The van der Waals surface area contributed by atoms with Crippen molar-refractivity contribution < 1.29 is 14.7 Å². The average molecular weight is 256 g/mol.